The fraction of sp³-hybridized carbons (Fsp3) is 0.350. The molecule has 0 amide bonds. The Bertz CT molecular complexity index is 1010. The topological polar surface area (TPSA) is 71.3 Å². The van der Waals surface area contributed by atoms with Crippen LogP contribution < -0.4 is 9.64 Å². The van der Waals surface area contributed by atoms with Crippen LogP contribution in [0.15, 0.2) is 41.7 Å². The number of benzene rings is 1. The van der Waals surface area contributed by atoms with Gasteiger partial charge in [0, 0.05) is 30.1 Å². The summed E-state index contributed by atoms with van der Waals surface area (Å²) in [4.78, 5) is 11.6. The van der Waals surface area contributed by atoms with Crippen molar-refractivity contribution in [3.63, 3.8) is 0 Å². The summed E-state index contributed by atoms with van der Waals surface area (Å²) in [7, 11) is 1.71. The molecule has 0 radical (unpaired) electrons. The van der Waals surface area contributed by atoms with Gasteiger partial charge in [-0.05, 0) is 37.5 Å². The van der Waals surface area contributed by atoms with Crippen molar-refractivity contribution in [1.29, 1.82) is 0 Å². The summed E-state index contributed by atoms with van der Waals surface area (Å²) in [5.41, 5.74) is 3.44. The molecule has 2 aromatic heterocycles. The molecule has 3 heterocycles. The molecule has 0 spiro atoms. The molecular formula is C20H22N6O. The maximum absolute atomic E-state index is 5.59. The highest BCUT2D eigenvalue weighted by Gasteiger charge is 2.27. The Balaban J connectivity index is 1.52. The molecule has 7 heteroatoms. The van der Waals surface area contributed by atoms with Crippen LogP contribution in [0.2, 0.25) is 0 Å². The Labute approximate surface area is 157 Å². The molecule has 3 aromatic rings. The van der Waals surface area contributed by atoms with Crippen LogP contribution in [-0.2, 0) is 6.54 Å². The molecule has 1 aliphatic heterocycles. The Morgan fingerprint density at radius 1 is 1.22 bits per heavy atom. The third-order valence-electron chi connectivity index (χ3n) is 5.18. The molecule has 138 valence electrons. The predicted molar refractivity (Wildman–Crippen MR) is 104 cm³/mol. The number of aliphatic imine (C=N–C) groups is 1. The highest BCUT2D eigenvalue weighted by molar-refractivity contribution is 5.92. The maximum Gasteiger partial charge on any atom is 0.175 e. The first-order valence-electron chi connectivity index (χ1n) is 9.26. The third-order valence-corrected chi connectivity index (χ3v) is 5.18. The predicted octanol–water partition coefficient (Wildman–Crippen LogP) is 3.40. The van der Waals surface area contributed by atoms with Crippen LogP contribution in [0, 0.1) is 6.92 Å². The van der Waals surface area contributed by atoms with E-state index in [-0.39, 0.29) is 0 Å². The van der Waals surface area contributed by atoms with Gasteiger partial charge in [0.1, 0.15) is 17.4 Å². The average Bonchev–Trinajstić information content (AvgIpc) is 3.23. The minimum atomic E-state index is 0.634. The van der Waals surface area contributed by atoms with Gasteiger partial charge in [0.2, 0.25) is 0 Å². The van der Waals surface area contributed by atoms with Gasteiger partial charge < -0.3 is 9.64 Å². The average molecular weight is 362 g/mol. The summed E-state index contributed by atoms with van der Waals surface area (Å²) in [6.07, 6.45) is 6.27. The number of aromatic amines is 1. The van der Waals surface area contributed by atoms with E-state index >= 15 is 0 Å². The molecule has 0 bridgehead atoms. The van der Waals surface area contributed by atoms with E-state index in [1.54, 1.807) is 7.11 Å². The second-order valence-corrected chi connectivity index (χ2v) is 7.23. The Morgan fingerprint density at radius 3 is 2.93 bits per heavy atom. The summed E-state index contributed by atoms with van der Waals surface area (Å²) >= 11 is 0. The fourth-order valence-electron chi connectivity index (χ4n) is 3.58. The van der Waals surface area contributed by atoms with Crippen molar-refractivity contribution in [1.82, 2.24) is 19.7 Å². The van der Waals surface area contributed by atoms with Crippen molar-refractivity contribution in [2.24, 2.45) is 4.99 Å². The number of ether oxygens (including phenoxy) is 1. The standard InChI is InChI=1S/C20H22N6O/c1-13-3-6-17(27-2)16(9-13)25-11-19-21-7-8-26(19)20(12-25)22-18-10-15(23-24-18)14-4-5-14/h3,6-10,14H,4-5,11-12H2,1-2H3,(H,23,24). The van der Waals surface area contributed by atoms with E-state index in [2.05, 4.69) is 49.8 Å². The van der Waals surface area contributed by atoms with Crippen molar-refractivity contribution < 1.29 is 4.74 Å². The van der Waals surface area contributed by atoms with Gasteiger partial charge in [-0.1, -0.05) is 6.07 Å². The first-order chi connectivity index (χ1) is 13.2. The zero-order valence-electron chi connectivity index (χ0n) is 15.5. The second kappa shape index (κ2) is 6.26. The van der Waals surface area contributed by atoms with E-state index in [1.807, 2.05) is 18.5 Å². The first-order valence-corrected chi connectivity index (χ1v) is 9.26. The molecule has 7 nitrogen and oxygen atoms in total. The molecule has 2 aliphatic rings. The van der Waals surface area contributed by atoms with Crippen LogP contribution in [0.5, 0.6) is 5.75 Å². The smallest absolute Gasteiger partial charge is 0.175 e. The van der Waals surface area contributed by atoms with E-state index in [9.17, 15) is 0 Å². The largest absolute Gasteiger partial charge is 0.495 e. The number of imidazole rings is 1. The zero-order valence-corrected chi connectivity index (χ0v) is 15.5. The maximum atomic E-state index is 5.59. The highest BCUT2D eigenvalue weighted by Crippen LogP contribution is 2.40. The molecule has 1 fully saturated rings. The molecule has 1 aliphatic carbocycles. The third kappa shape index (κ3) is 2.99. The minimum absolute atomic E-state index is 0.634. The molecule has 1 saturated carbocycles. The van der Waals surface area contributed by atoms with E-state index in [4.69, 9.17) is 9.73 Å². The number of fused-ring (bicyclic) bond motifs is 1. The summed E-state index contributed by atoms with van der Waals surface area (Å²) in [5.74, 6) is 4.09. The lowest BCUT2D eigenvalue weighted by molar-refractivity contribution is 0.414. The summed E-state index contributed by atoms with van der Waals surface area (Å²) < 4.78 is 7.65. The van der Waals surface area contributed by atoms with Crippen molar-refractivity contribution in [3.8, 4) is 5.75 Å². The second-order valence-electron chi connectivity index (χ2n) is 7.23. The van der Waals surface area contributed by atoms with Gasteiger partial charge in [0.25, 0.3) is 0 Å². The first kappa shape index (κ1) is 16.1. The van der Waals surface area contributed by atoms with Crippen molar-refractivity contribution in [3.05, 3.63) is 53.7 Å². The number of nitrogens with one attached hydrogen (secondary N) is 1. The van der Waals surface area contributed by atoms with Crippen LogP contribution in [0.3, 0.4) is 0 Å². The number of hydrogen-bond donors (Lipinski definition) is 1. The van der Waals surface area contributed by atoms with E-state index < -0.39 is 0 Å². The van der Waals surface area contributed by atoms with Crippen LogP contribution in [0.1, 0.15) is 35.8 Å². The number of anilines is 1. The van der Waals surface area contributed by atoms with Crippen molar-refractivity contribution >= 4 is 17.3 Å². The number of methoxy groups -OCH3 is 1. The molecular weight excluding hydrogens is 340 g/mol. The lowest BCUT2D eigenvalue weighted by atomic mass is 10.1. The summed E-state index contributed by atoms with van der Waals surface area (Å²) in [6, 6.07) is 8.28. The van der Waals surface area contributed by atoms with Crippen molar-refractivity contribution in [2.75, 3.05) is 18.6 Å². The quantitative estimate of drug-likeness (QED) is 0.772. The molecule has 1 aromatic carbocycles. The molecule has 0 unspecified atom stereocenters. The Hall–Kier alpha value is -3.09. The fourth-order valence-corrected chi connectivity index (χ4v) is 3.58. The monoisotopic (exact) mass is 362 g/mol. The zero-order chi connectivity index (χ0) is 18.4. The highest BCUT2D eigenvalue weighted by atomic mass is 16.5. The number of rotatable bonds is 4. The van der Waals surface area contributed by atoms with E-state index in [0.717, 1.165) is 28.9 Å². The molecule has 0 saturated heterocycles. The van der Waals surface area contributed by atoms with Crippen LogP contribution >= 0.6 is 0 Å². The molecule has 0 atom stereocenters. The SMILES string of the molecule is COc1ccc(C)cc1N1CC(=Nc2cc(C3CC3)[nH]n2)n2ccnc2C1. The summed E-state index contributed by atoms with van der Waals surface area (Å²) in [6.45, 7) is 3.46. The van der Waals surface area contributed by atoms with E-state index in [1.165, 1.54) is 24.1 Å². The van der Waals surface area contributed by atoms with Crippen LogP contribution in [-0.4, -0.2) is 39.2 Å². The lowest BCUT2D eigenvalue weighted by Crippen LogP contribution is -2.39. The van der Waals surface area contributed by atoms with Crippen LogP contribution in [0.4, 0.5) is 11.5 Å². The van der Waals surface area contributed by atoms with Crippen molar-refractivity contribution in [2.45, 2.75) is 32.2 Å². The number of aromatic nitrogens is 4. The van der Waals surface area contributed by atoms with Crippen LogP contribution in [0.25, 0.3) is 0 Å². The molecule has 5 rings (SSSR count). The summed E-state index contributed by atoms with van der Waals surface area (Å²) in [5, 5.41) is 7.51. The number of hydrogen-bond acceptors (Lipinski definition) is 5. The van der Waals surface area contributed by atoms with Gasteiger partial charge in [-0.2, -0.15) is 5.10 Å². The molecule has 1 N–H and O–H groups in total. The van der Waals surface area contributed by atoms with Gasteiger partial charge in [-0.15, -0.1) is 0 Å². The van der Waals surface area contributed by atoms with Gasteiger partial charge in [0.05, 0.1) is 25.9 Å². The minimum Gasteiger partial charge on any atom is -0.495 e. The Morgan fingerprint density at radius 2 is 2.11 bits per heavy atom. The van der Waals surface area contributed by atoms with Gasteiger partial charge in [-0.25, -0.2) is 9.98 Å². The lowest BCUT2D eigenvalue weighted by Gasteiger charge is -2.31. The van der Waals surface area contributed by atoms with E-state index in [0.29, 0.717) is 19.0 Å². The molecule has 27 heavy (non-hydrogen) atoms. The number of H-pyrrole nitrogens is 1. The number of nitrogens with zero attached hydrogens (tertiary/aromatic N) is 5. The van der Waals surface area contributed by atoms with Gasteiger partial charge in [-0.3, -0.25) is 9.67 Å². The van der Waals surface area contributed by atoms with Gasteiger partial charge in [0.15, 0.2) is 5.82 Å². The normalized spacial score (nSPS) is 18.0. The Kier molecular flexibility index (Phi) is 3.74. The van der Waals surface area contributed by atoms with Gasteiger partial charge >= 0.3 is 0 Å². The number of aryl methyl sites for hydroxylation is 1.